The number of methoxy groups -OCH3 is 2. The summed E-state index contributed by atoms with van der Waals surface area (Å²) in [5.41, 5.74) is 9.31. The zero-order chi connectivity index (χ0) is 17.7. The molecule has 0 bridgehead atoms. The SMILES string of the molecule is COc1cc(C)c(C(C)NC(=O)Cc2ccc(N)cc2)cc1OC.Cl. The number of amides is 1. The fourth-order valence-electron chi connectivity index (χ4n) is 2.65. The minimum Gasteiger partial charge on any atom is -0.493 e. The van der Waals surface area contributed by atoms with Crippen molar-refractivity contribution < 1.29 is 14.3 Å². The molecule has 0 saturated heterocycles. The number of benzene rings is 2. The first-order valence-electron chi connectivity index (χ1n) is 7.81. The molecule has 0 aromatic heterocycles. The summed E-state index contributed by atoms with van der Waals surface area (Å²) in [4.78, 5) is 12.3. The predicted octanol–water partition coefficient (Wildman–Crippen LogP) is 3.44. The van der Waals surface area contributed by atoms with Crippen molar-refractivity contribution in [1.29, 1.82) is 0 Å². The van der Waals surface area contributed by atoms with Crippen molar-refractivity contribution in [2.75, 3.05) is 20.0 Å². The molecule has 0 heterocycles. The molecule has 6 heteroatoms. The van der Waals surface area contributed by atoms with Crippen LogP contribution in [-0.4, -0.2) is 20.1 Å². The minimum absolute atomic E-state index is 0. The predicted molar refractivity (Wildman–Crippen MR) is 103 cm³/mol. The summed E-state index contributed by atoms with van der Waals surface area (Å²) < 4.78 is 10.6. The van der Waals surface area contributed by atoms with Gasteiger partial charge in [-0.05, 0) is 54.8 Å². The number of anilines is 1. The van der Waals surface area contributed by atoms with Crippen LogP contribution in [0, 0.1) is 6.92 Å². The highest BCUT2D eigenvalue weighted by molar-refractivity contribution is 5.85. The third kappa shape index (κ3) is 5.29. The van der Waals surface area contributed by atoms with E-state index in [0.29, 0.717) is 23.6 Å². The third-order valence-corrected chi connectivity index (χ3v) is 3.96. The number of hydrogen-bond donors (Lipinski definition) is 2. The fraction of sp³-hybridized carbons (Fsp3) is 0.316. The molecule has 1 unspecified atom stereocenters. The Bertz CT molecular complexity index is 717. The average Bonchev–Trinajstić information content (AvgIpc) is 2.56. The van der Waals surface area contributed by atoms with Crippen LogP contribution in [0.2, 0.25) is 0 Å². The number of halogens is 1. The molecule has 5 nitrogen and oxygen atoms in total. The maximum atomic E-state index is 12.3. The lowest BCUT2D eigenvalue weighted by Crippen LogP contribution is -2.28. The molecule has 3 N–H and O–H groups in total. The second kappa shape index (κ2) is 9.18. The van der Waals surface area contributed by atoms with E-state index in [9.17, 15) is 4.79 Å². The second-order valence-electron chi connectivity index (χ2n) is 5.77. The Morgan fingerprint density at radius 1 is 1.12 bits per heavy atom. The molecule has 0 fully saturated rings. The van der Waals surface area contributed by atoms with Gasteiger partial charge in [-0.25, -0.2) is 0 Å². The van der Waals surface area contributed by atoms with E-state index < -0.39 is 0 Å². The normalized spacial score (nSPS) is 11.2. The highest BCUT2D eigenvalue weighted by Gasteiger charge is 2.16. The van der Waals surface area contributed by atoms with Gasteiger partial charge in [-0.1, -0.05) is 12.1 Å². The lowest BCUT2D eigenvalue weighted by molar-refractivity contribution is -0.121. The first kappa shape index (κ1) is 20.6. The maximum Gasteiger partial charge on any atom is 0.224 e. The molecule has 2 rings (SSSR count). The number of carbonyl (C=O) groups is 1. The molecular formula is C19H25ClN2O3. The minimum atomic E-state index is -0.133. The van der Waals surface area contributed by atoms with Gasteiger partial charge in [0, 0.05) is 5.69 Å². The van der Waals surface area contributed by atoms with Crippen molar-refractivity contribution in [2.24, 2.45) is 0 Å². The summed E-state index contributed by atoms with van der Waals surface area (Å²) in [5.74, 6) is 1.29. The molecule has 136 valence electrons. The summed E-state index contributed by atoms with van der Waals surface area (Å²) in [7, 11) is 3.20. The van der Waals surface area contributed by atoms with Crippen molar-refractivity contribution in [3.8, 4) is 11.5 Å². The molecule has 25 heavy (non-hydrogen) atoms. The Kier molecular flexibility index (Phi) is 7.58. The van der Waals surface area contributed by atoms with Gasteiger partial charge >= 0.3 is 0 Å². The van der Waals surface area contributed by atoms with Gasteiger partial charge in [0.2, 0.25) is 5.91 Å². The van der Waals surface area contributed by atoms with Crippen LogP contribution < -0.4 is 20.5 Å². The van der Waals surface area contributed by atoms with Crippen molar-refractivity contribution in [1.82, 2.24) is 5.32 Å². The topological polar surface area (TPSA) is 73.6 Å². The van der Waals surface area contributed by atoms with Crippen molar-refractivity contribution >= 4 is 24.0 Å². The molecule has 0 saturated carbocycles. The largest absolute Gasteiger partial charge is 0.493 e. The summed E-state index contributed by atoms with van der Waals surface area (Å²) >= 11 is 0. The number of nitrogen functional groups attached to an aromatic ring is 1. The molecule has 2 aromatic carbocycles. The van der Waals surface area contributed by atoms with Crippen LogP contribution in [0.3, 0.4) is 0 Å². The quantitative estimate of drug-likeness (QED) is 0.770. The number of carbonyl (C=O) groups excluding carboxylic acids is 1. The number of nitrogens with two attached hydrogens (primary N) is 1. The van der Waals surface area contributed by atoms with E-state index in [1.165, 1.54) is 0 Å². The van der Waals surface area contributed by atoms with Gasteiger partial charge in [0.1, 0.15) is 0 Å². The van der Waals surface area contributed by atoms with Crippen LogP contribution in [0.25, 0.3) is 0 Å². The maximum absolute atomic E-state index is 12.3. The summed E-state index contributed by atoms with van der Waals surface area (Å²) in [6.45, 7) is 3.94. The van der Waals surface area contributed by atoms with E-state index in [0.717, 1.165) is 16.7 Å². The summed E-state index contributed by atoms with van der Waals surface area (Å²) in [6, 6.07) is 11.0. The fourth-order valence-corrected chi connectivity index (χ4v) is 2.65. The Balaban J connectivity index is 0.00000312. The van der Waals surface area contributed by atoms with Gasteiger partial charge in [-0.15, -0.1) is 12.4 Å². The van der Waals surface area contributed by atoms with E-state index >= 15 is 0 Å². The lowest BCUT2D eigenvalue weighted by atomic mass is 10.0. The van der Waals surface area contributed by atoms with E-state index in [4.69, 9.17) is 15.2 Å². The Morgan fingerprint density at radius 3 is 2.24 bits per heavy atom. The van der Waals surface area contributed by atoms with E-state index in [2.05, 4.69) is 5.32 Å². The molecule has 1 amide bonds. The standard InChI is InChI=1S/C19H24N2O3.ClH/c1-12-9-17(23-3)18(24-4)11-16(12)13(2)21-19(22)10-14-5-7-15(20)8-6-14;/h5-9,11,13H,10,20H2,1-4H3,(H,21,22);1H. The Morgan fingerprint density at radius 2 is 1.68 bits per heavy atom. The highest BCUT2D eigenvalue weighted by atomic mass is 35.5. The van der Waals surface area contributed by atoms with Crippen LogP contribution in [-0.2, 0) is 11.2 Å². The molecular weight excluding hydrogens is 340 g/mol. The van der Waals surface area contributed by atoms with Crippen LogP contribution in [0.1, 0.15) is 29.7 Å². The lowest BCUT2D eigenvalue weighted by Gasteiger charge is -2.19. The summed E-state index contributed by atoms with van der Waals surface area (Å²) in [6.07, 6.45) is 0.316. The van der Waals surface area contributed by atoms with Crippen LogP contribution >= 0.6 is 12.4 Å². The zero-order valence-corrected chi connectivity index (χ0v) is 15.8. The highest BCUT2D eigenvalue weighted by Crippen LogP contribution is 2.32. The van der Waals surface area contributed by atoms with E-state index in [-0.39, 0.29) is 24.4 Å². The number of ether oxygens (including phenoxy) is 2. The number of nitrogens with one attached hydrogen (secondary N) is 1. The molecule has 0 aliphatic carbocycles. The first-order valence-corrected chi connectivity index (χ1v) is 7.81. The van der Waals surface area contributed by atoms with Crippen LogP contribution in [0.5, 0.6) is 11.5 Å². The third-order valence-electron chi connectivity index (χ3n) is 3.96. The monoisotopic (exact) mass is 364 g/mol. The molecule has 0 radical (unpaired) electrons. The van der Waals surface area contributed by atoms with E-state index in [1.54, 1.807) is 26.4 Å². The molecule has 0 aliphatic heterocycles. The van der Waals surface area contributed by atoms with Gasteiger partial charge in [0.25, 0.3) is 0 Å². The van der Waals surface area contributed by atoms with Gasteiger partial charge in [-0.3, -0.25) is 4.79 Å². The van der Waals surface area contributed by atoms with Gasteiger partial charge in [0.05, 0.1) is 26.7 Å². The average molecular weight is 365 g/mol. The first-order chi connectivity index (χ1) is 11.4. The molecule has 1 atom stereocenters. The second-order valence-corrected chi connectivity index (χ2v) is 5.77. The Hall–Kier alpha value is -2.40. The summed E-state index contributed by atoms with van der Waals surface area (Å²) in [5, 5.41) is 3.02. The van der Waals surface area contributed by atoms with Gasteiger partial charge < -0.3 is 20.5 Å². The van der Waals surface area contributed by atoms with Crippen molar-refractivity contribution in [2.45, 2.75) is 26.3 Å². The smallest absolute Gasteiger partial charge is 0.224 e. The number of aryl methyl sites for hydroxylation is 1. The number of rotatable bonds is 6. The van der Waals surface area contributed by atoms with Gasteiger partial charge in [-0.2, -0.15) is 0 Å². The molecule has 0 aliphatic rings. The van der Waals surface area contributed by atoms with Crippen molar-refractivity contribution in [3.05, 3.63) is 53.1 Å². The zero-order valence-electron chi connectivity index (χ0n) is 15.0. The Labute approximate surface area is 154 Å². The van der Waals surface area contributed by atoms with Crippen LogP contribution in [0.4, 0.5) is 5.69 Å². The molecule has 0 spiro atoms. The number of hydrogen-bond acceptors (Lipinski definition) is 4. The van der Waals surface area contributed by atoms with E-state index in [1.807, 2.05) is 38.1 Å². The van der Waals surface area contributed by atoms with Crippen LogP contribution in [0.15, 0.2) is 36.4 Å². The molecule has 2 aromatic rings. The van der Waals surface area contributed by atoms with Gasteiger partial charge in [0.15, 0.2) is 11.5 Å². The van der Waals surface area contributed by atoms with Crippen molar-refractivity contribution in [3.63, 3.8) is 0 Å².